The summed E-state index contributed by atoms with van der Waals surface area (Å²) in [5.74, 6) is -1.96. The molecule has 162 valence electrons. The topological polar surface area (TPSA) is 119 Å². The highest BCUT2D eigenvalue weighted by atomic mass is 35.5. The fourth-order valence-electron chi connectivity index (χ4n) is 3.05. The van der Waals surface area contributed by atoms with E-state index in [1.807, 2.05) is 0 Å². The van der Waals surface area contributed by atoms with Gasteiger partial charge < -0.3 is 14.6 Å². The lowest BCUT2D eigenvalue weighted by atomic mass is 10.1. The molecule has 0 saturated carbocycles. The number of hydrogen-bond acceptors (Lipinski definition) is 7. The lowest BCUT2D eigenvalue weighted by molar-refractivity contribution is -0.119. The van der Waals surface area contributed by atoms with Crippen LogP contribution in [0.15, 0.2) is 47.0 Å². The van der Waals surface area contributed by atoms with Gasteiger partial charge in [-0.1, -0.05) is 28.4 Å². The van der Waals surface area contributed by atoms with Gasteiger partial charge in [0.15, 0.2) is 12.4 Å². The molecular weight excluding hydrogens is 461 g/mol. The lowest BCUT2D eigenvalue weighted by Gasteiger charge is -2.14. The first kappa shape index (κ1) is 21.5. The minimum Gasteiger partial charge on any atom is -0.452 e. The fraction of sp³-hybridized carbons (Fsp3) is 0.0952. The molecular formula is C21H13Cl2N3O6. The number of aromatic nitrogens is 1. The fourth-order valence-corrected chi connectivity index (χ4v) is 3.34. The Bertz CT molecular complexity index is 1290. The predicted molar refractivity (Wildman–Crippen MR) is 114 cm³/mol. The van der Waals surface area contributed by atoms with Gasteiger partial charge in [-0.25, -0.2) is 9.69 Å². The van der Waals surface area contributed by atoms with Gasteiger partial charge in [-0.3, -0.25) is 14.4 Å². The number of halogens is 2. The molecule has 4 rings (SSSR count). The predicted octanol–water partition coefficient (Wildman–Crippen LogP) is 3.89. The van der Waals surface area contributed by atoms with Gasteiger partial charge in [0, 0.05) is 6.07 Å². The molecule has 32 heavy (non-hydrogen) atoms. The van der Waals surface area contributed by atoms with Crippen LogP contribution in [0, 0.1) is 6.92 Å². The van der Waals surface area contributed by atoms with Crippen molar-refractivity contribution in [1.29, 1.82) is 0 Å². The highest BCUT2D eigenvalue weighted by molar-refractivity contribution is 6.42. The Kier molecular flexibility index (Phi) is 5.68. The van der Waals surface area contributed by atoms with E-state index < -0.39 is 30.3 Å². The molecule has 1 aliphatic heterocycles. The summed E-state index contributed by atoms with van der Waals surface area (Å²) in [5.41, 5.74) is 0.398. The molecule has 9 nitrogen and oxygen atoms in total. The third kappa shape index (κ3) is 4.08. The van der Waals surface area contributed by atoms with Crippen LogP contribution < -0.4 is 10.2 Å². The number of benzene rings is 2. The van der Waals surface area contributed by atoms with Crippen molar-refractivity contribution >= 4 is 58.4 Å². The second-order valence-electron chi connectivity index (χ2n) is 6.75. The number of nitrogens with zero attached hydrogens (tertiary/aromatic N) is 2. The number of fused-ring (bicyclic) bond motifs is 1. The van der Waals surface area contributed by atoms with Crippen LogP contribution in [-0.2, 0) is 9.53 Å². The maximum Gasteiger partial charge on any atom is 0.338 e. The van der Waals surface area contributed by atoms with Gasteiger partial charge in [-0.2, -0.15) is 0 Å². The van der Waals surface area contributed by atoms with Crippen LogP contribution in [0.1, 0.15) is 36.8 Å². The van der Waals surface area contributed by atoms with E-state index in [0.717, 1.165) is 4.90 Å². The molecule has 11 heteroatoms. The first-order chi connectivity index (χ1) is 15.2. The third-order valence-corrected chi connectivity index (χ3v) is 5.25. The number of nitrogens with one attached hydrogen (secondary N) is 1. The van der Waals surface area contributed by atoms with Crippen molar-refractivity contribution in [3.63, 3.8) is 0 Å². The van der Waals surface area contributed by atoms with Crippen LogP contribution in [0.25, 0.3) is 0 Å². The number of carbonyl (C=O) groups excluding carboxylic acids is 4. The molecule has 0 fully saturated rings. The summed E-state index contributed by atoms with van der Waals surface area (Å²) in [7, 11) is 0. The smallest absolute Gasteiger partial charge is 0.338 e. The van der Waals surface area contributed by atoms with E-state index in [1.54, 1.807) is 6.92 Å². The number of anilines is 2. The average molecular weight is 474 g/mol. The molecule has 3 aromatic rings. The van der Waals surface area contributed by atoms with Gasteiger partial charge >= 0.3 is 5.97 Å². The van der Waals surface area contributed by atoms with Gasteiger partial charge in [0.05, 0.1) is 32.4 Å². The molecule has 1 aromatic heterocycles. The summed E-state index contributed by atoms with van der Waals surface area (Å²) in [6.07, 6.45) is 0. The summed E-state index contributed by atoms with van der Waals surface area (Å²) in [6.45, 7) is 1.08. The SMILES string of the molecule is Cc1cc(NC(=O)COC(=O)c2ccc3c(c2)C(=O)N(c2ccc(Cl)c(Cl)c2)C3=O)no1. The van der Waals surface area contributed by atoms with Crippen molar-refractivity contribution in [3.05, 3.63) is 75.0 Å². The van der Waals surface area contributed by atoms with Crippen molar-refractivity contribution in [1.82, 2.24) is 5.16 Å². The van der Waals surface area contributed by atoms with Gasteiger partial charge in [0.25, 0.3) is 17.7 Å². The molecule has 2 heterocycles. The molecule has 0 aliphatic carbocycles. The molecule has 1 N–H and O–H groups in total. The summed E-state index contributed by atoms with van der Waals surface area (Å²) < 4.78 is 9.80. The molecule has 1 aliphatic rings. The number of esters is 1. The monoisotopic (exact) mass is 473 g/mol. The molecule has 0 atom stereocenters. The van der Waals surface area contributed by atoms with Crippen molar-refractivity contribution in [2.45, 2.75) is 6.92 Å². The molecule has 0 bridgehead atoms. The quantitative estimate of drug-likeness (QED) is 0.440. The van der Waals surface area contributed by atoms with E-state index in [-0.39, 0.29) is 38.2 Å². The normalized spacial score (nSPS) is 12.7. The zero-order chi connectivity index (χ0) is 23.0. The first-order valence-corrected chi connectivity index (χ1v) is 9.88. The molecule has 2 aromatic carbocycles. The maximum atomic E-state index is 12.8. The van der Waals surface area contributed by atoms with Crippen LogP contribution in [0.2, 0.25) is 10.0 Å². The van der Waals surface area contributed by atoms with Crippen LogP contribution in [0.5, 0.6) is 0 Å². The van der Waals surface area contributed by atoms with Gasteiger partial charge in [-0.05, 0) is 43.3 Å². The second-order valence-corrected chi connectivity index (χ2v) is 7.57. The van der Waals surface area contributed by atoms with Crippen LogP contribution >= 0.6 is 23.2 Å². The Hall–Kier alpha value is -3.69. The Morgan fingerprint density at radius 1 is 1.03 bits per heavy atom. The second kappa shape index (κ2) is 8.45. The summed E-state index contributed by atoms with van der Waals surface area (Å²) in [5, 5.41) is 6.47. The highest BCUT2D eigenvalue weighted by Crippen LogP contribution is 2.33. The van der Waals surface area contributed by atoms with Crippen LogP contribution in [-0.4, -0.2) is 35.5 Å². The molecule has 0 saturated heterocycles. The standard InChI is InChI=1S/C21H13Cl2N3O6/c1-10-6-17(25-32-10)24-18(27)9-31-21(30)11-2-4-13-14(7-11)20(29)26(19(13)28)12-3-5-15(22)16(23)8-12/h2-8H,9H2,1H3,(H,24,25,27). The van der Waals surface area contributed by atoms with E-state index in [1.165, 1.54) is 42.5 Å². The first-order valence-electron chi connectivity index (χ1n) is 9.13. The minimum atomic E-state index is -0.840. The van der Waals surface area contributed by atoms with E-state index in [4.69, 9.17) is 32.5 Å². The van der Waals surface area contributed by atoms with Crippen molar-refractivity contribution in [2.24, 2.45) is 0 Å². The number of carbonyl (C=O) groups is 4. The molecule has 3 amide bonds. The summed E-state index contributed by atoms with van der Waals surface area (Å²) in [6, 6.07) is 9.79. The number of ether oxygens (including phenoxy) is 1. The number of imide groups is 1. The van der Waals surface area contributed by atoms with Crippen molar-refractivity contribution in [3.8, 4) is 0 Å². The van der Waals surface area contributed by atoms with Crippen LogP contribution in [0.3, 0.4) is 0 Å². The largest absolute Gasteiger partial charge is 0.452 e. The van der Waals surface area contributed by atoms with E-state index in [0.29, 0.717) is 5.76 Å². The van der Waals surface area contributed by atoms with Gasteiger partial charge in [-0.15, -0.1) is 0 Å². The Morgan fingerprint density at radius 2 is 1.78 bits per heavy atom. The van der Waals surface area contributed by atoms with Gasteiger partial charge in [0.2, 0.25) is 0 Å². The number of aryl methyl sites for hydroxylation is 1. The van der Waals surface area contributed by atoms with Crippen LogP contribution in [0.4, 0.5) is 11.5 Å². The molecule has 0 spiro atoms. The highest BCUT2D eigenvalue weighted by Gasteiger charge is 2.37. The van der Waals surface area contributed by atoms with Gasteiger partial charge in [0.1, 0.15) is 5.76 Å². The lowest BCUT2D eigenvalue weighted by Crippen LogP contribution is -2.29. The van der Waals surface area contributed by atoms with E-state index in [9.17, 15) is 19.2 Å². The zero-order valence-electron chi connectivity index (χ0n) is 16.3. The number of amides is 3. The summed E-state index contributed by atoms with van der Waals surface area (Å²) in [4.78, 5) is 50.8. The minimum absolute atomic E-state index is 0.00553. The van der Waals surface area contributed by atoms with E-state index in [2.05, 4.69) is 10.5 Å². The third-order valence-electron chi connectivity index (χ3n) is 4.51. The Balaban J connectivity index is 1.47. The Morgan fingerprint density at radius 3 is 2.47 bits per heavy atom. The molecule has 0 radical (unpaired) electrons. The number of hydrogen-bond donors (Lipinski definition) is 1. The zero-order valence-corrected chi connectivity index (χ0v) is 17.9. The molecule has 0 unspecified atom stereocenters. The maximum absolute atomic E-state index is 12.8. The number of rotatable bonds is 5. The van der Waals surface area contributed by atoms with Crippen molar-refractivity contribution in [2.75, 3.05) is 16.8 Å². The summed E-state index contributed by atoms with van der Waals surface area (Å²) >= 11 is 11.9. The Labute approximate surface area is 190 Å². The average Bonchev–Trinajstić information content (AvgIpc) is 3.28. The van der Waals surface area contributed by atoms with Crippen molar-refractivity contribution < 1.29 is 28.4 Å². The van der Waals surface area contributed by atoms with E-state index >= 15 is 0 Å².